The summed E-state index contributed by atoms with van der Waals surface area (Å²) >= 11 is 6.00. The highest BCUT2D eigenvalue weighted by atomic mass is 35.5. The lowest BCUT2D eigenvalue weighted by molar-refractivity contribution is 0.000119. The molecule has 0 aromatic heterocycles. The van der Waals surface area contributed by atoms with Gasteiger partial charge in [-0.15, -0.1) is 0 Å². The highest BCUT2D eigenvalue weighted by Gasteiger charge is 2.07. The average Bonchev–Trinajstić information content (AvgIpc) is 2.17. The highest BCUT2D eigenvalue weighted by molar-refractivity contribution is 6.31. The summed E-state index contributed by atoms with van der Waals surface area (Å²) in [5.41, 5.74) is 7.28. The molecule has 0 aliphatic rings. The van der Waals surface area contributed by atoms with Gasteiger partial charge in [0.2, 0.25) is 0 Å². The van der Waals surface area contributed by atoms with Gasteiger partial charge in [0.25, 0.3) is 0 Å². The molecule has 84 valence electrons. The second kappa shape index (κ2) is 5.95. The molecule has 0 fully saturated rings. The Morgan fingerprint density at radius 2 is 2.20 bits per heavy atom. The summed E-state index contributed by atoms with van der Waals surface area (Å²) in [4.78, 5) is 0. The fourth-order valence-corrected chi connectivity index (χ4v) is 1.47. The maximum atomic E-state index is 6.00. The van der Waals surface area contributed by atoms with Gasteiger partial charge in [-0.1, -0.05) is 17.7 Å². The van der Waals surface area contributed by atoms with E-state index in [4.69, 9.17) is 26.8 Å². The minimum atomic E-state index is 0.0330. The monoisotopic (exact) mass is 229 g/mol. The van der Waals surface area contributed by atoms with Crippen molar-refractivity contribution in [1.29, 1.82) is 0 Å². The SMILES string of the molecule is COCC(C)OCc1c(N)cccc1Cl. The van der Waals surface area contributed by atoms with Gasteiger partial charge in [-0.2, -0.15) is 0 Å². The fraction of sp³-hybridized carbons (Fsp3) is 0.455. The van der Waals surface area contributed by atoms with Gasteiger partial charge in [-0.05, 0) is 19.1 Å². The molecule has 1 atom stereocenters. The van der Waals surface area contributed by atoms with Gasteiger partial charge in [-0.3, -0.25) is 0 Å². The van der Waals surface area contributed by atoms with Crippen LogP contribution in [0.5, 0.6) is 0 Å². The first-order chi connectivity index (χ1) is 7.15. The van der Waals surface area contributed by atoms with E-state index in [1.165, 1.54) is 0 Å². The summed E-state index contributed by atoms with van der Waals surface area (Å²) < 4.78 is 10.5. The molecule has 15 heavy (non-hydrogen) atoms. The Balaban J connectivity index is 2.57. The molecule has 0 aliphatic heterocycles. The zero-order chi connectivity index (χ0) is 11.3. The summed E-state index contributed by atoms with van der Waals surface area (Å²) in [7, 11) is 1.64. The Morgan fingerprint density at radius 3 is 2.80 bits per heavy atom. The summed E-state index contributed by atoms with van der Waals surface area (Å²) in [6.45, 7) is 2.91. The number of methoxy groups -OCH3 is 1. The Bertz CT molecular complexity index is 297. The quantitative estimate of drug-likeness (QED) is 0.789. The van der Waals surface area contributed by atoms with Crippen LogP contribution < -0.4 is 5.73 Å². The molecule has 1 rings (SSSR count). The minimum Gasteiger partial charge on any atom is -0.398 e. The molecule has 4 heteroatoms. The Morgan fingerprint density at radius 1 is 1.47 bits per heavy atom. The lowest BCUT2D eigenvalue weighted by atomic mass is 10.2. The molecule has 0 amide bonds. The largest absolute Gasteiger partial charge is 0.398 e. The summed E-state index contributed by atoms with van der Waals surface area (Å²) in [6.07, 6.45) is 0.0330. The van der Waals surface area contributed by atoms with Crippen LogP contribution >= 0.6 is 11.6 Å². The molecular formula is C11H16ClNO2. The van der Waals surface area contributed by atoms with Crippen molar-refractivity contribution in [3.63, 3.8) is 0 Å². The molecule has 3 nitrogen and oxygen atoms in total. The van der Waals surface area contributed by atoms with Crippen molar-refractivity contribution >= 4 is 17.3 Å². The number of hydrogen-bond acceptors (Lipinski definition) is 3. The topological polar surface area (TPSA) is 44.5 Å². The third-order valence-electron chi connectivity index (χ3n) is 2.07. The van der Waals surface area contributed by atoms with Gasteiger partial charge in [0, 0.05) is 23.4 Å². The molecule has 0 saturated carbocycles. The van der Waals surface area contributed by atoms with Crippen molar-refractivity contribution in [2.75, 3.05) is 19.5 Å². The predicted octanol–water partition coefficient (Wildman–Crippen LogP) is 2.47. The van der Waals surface area contributed by atoms with E-state index < -0.39 is 0 Å². The van der Waals surface area contributed by atoms with Crippen LogP contribution in [-0.4, -0.2) is 19.8 Å². The lowest BCUT2D eigenvalue weighted by Crippen LogP contribution is -2.15. The Hall–Kier alpha value is -0.770. The maximum absolute atomic E-state index is 6.00. The molecule has 0 spiro atoms. The van der Waals surface area contributed by atoms with Gasteiger partial charge < -0.3 is 15.2 Å². The number of nitrogen functional groups attached to an aromatic ring is 1. The van der Waals surface area contributed by atoms with E-state index >= 15 is 0 Å². The number of anilines is 1. The van der Waals surface area contributed by atoms with E-state index in [0.717, 1.165) is 5.56 Å². The van der Waals surface area contributed by atoms with Crippen LogP contribution in [0, 0.1) is 0 Å². The van der Waals surface area contributed by atoms with E-state index in [1.54, 1.807) is 13.2 Å². The van der Waals surface area contributed by atoms with E-state index in [1.807, 2.05) is 19.1 Å². The summed E-state index contributed by atoms with van der Waals surface area (Å²) in [5.74, 6) is 0. The van der Waals surface area contributed by atoms with Crippen LogP contribution in [0.2, 0.25) is 5.02 Å². The van der Waals surface area contributed by atoms with Crippen LogP contribution in [0.25, 0.3) is 0 Å². The van der Waals surface area contributed by atoms with E-state index in [-0.39, 0.29) is 6.10 Å². The molecule has 0 bridgehead atoms. The standard InChI is InChI=1S/C11H16ClNO2/c1-8(6-14-2)15-7-9-10(12)4-3-5-11(9)13/h3-5,8H,6-7,13H2,1-2H3. The highest BCUT2D eigenvalue weighted by Crippen LogP contribution is 2.22. The van der Waals surface area contributed by atoms with Crippen LogP contribution in [0.1, 0.15) is 12.5 Å². The summed E-state index contributed by atoms with van der Waals surface area (Å²) in [6, 6.07) is 5.43. The maximum Gasteiger partial charge on any atom is 0.0784 e. The molecule has 0 saturated heterocycles. The van der Waals surface area contributed by atoms with Crippen LogP contribution in [-0.2, 0) is 16.1 Å². The van der Waals surface area contributed by atoms with Crippen molar-refractivity contribution in [1.82, 2.24) is 0 Å². The van der Waals surface area contributed by atoms with E-state index in [9.17, 15) is 0 Å². The van der Waals surface area contributed by atoms with Crippen LogP contribution in [0.4, 0.5) is 5.69 Å². The zero-order valence-electron chi connectivity index (χ0n) is 9.00. The molecular weight excluding hydrogens is 214 g/mol. The molecule has 2 N–H and O–H groups in total. The van der Waals surface area contributed by atoms with Crippen molar-refractivity contribution in [2.45, 2.75) is 19.6 Å². The average molecular weight is 230 g/mol. The Kier molecular flexibility index (Phi) is 4.88. The molecule has 1 unspecified atom stereocenters. The lowest BCUT2D eigenvalue weighted by Gasteiger charge is -2.13. The number of benzene rings is 1. The third kappa shape index (κ3) is 3.70. The predicted molar refractivity (Wildman–Crippen MR) is 62.0 cm³/mol. The molecule has 1 aromatic carbocycles. The normalized spacial score (nSPS) is 12.7. The van der Waals surface area contributed by atoms with Gasteiger partial charge >= 0.3 is 0 Å². The number of ether oxygens (including phenoxy) is 2. The summed E-state index contributed by atoms with van der Waals surface area (Å²) in [5, 5.41) is 0.639. The van der Waals surface area contributed by atoms with E-state index in [0.29, 0.717) is 23.9 Å². The first-order valence-electron chi connectivity index (χ1n) is 4.78. The smallest absolute Gasteiger partial charge is 0.0784 e. The Labute approximate surface area is 95.1 Å². The van der Waals surface area contributed by atoms with Gasteiger partial charge in [0.15, 0.2) is 0 Å². The van der Waals surface area contributed by atoms with Crippen molar-refractivity contribution < 1.29 is 9.47 Å². The van der Waals surface area contributed by atoms with Crippen molar-refractivity contribution in [3.8, 4) is 0 Å². The van der Waals surface area contributed by atoms with E-state index in [2.05, 4.69) is 0 Å². The number of hydrogen-bond donors (Lipinski definition) is 1. The second-order valence-electron chi connectivity index (χ2n) is 3.38. The molecule has 1 aromatic rings. The number of halogens is 1. The van der Waals surface area contributed by atoms with Crippen molar-refractivity contribution in [3.05, 3.63) is 28.8 Å². The minimum absolute atomic E-state index is 0.0330. The number of nitrogens with two attached hydrogens (primary N) is 1. The molecule has 0 heterocycles. The van der Waals surface area contributed by atoms with Gasteiger partial charge in [0.05, 0.1) is 19.3 Å². The van der Waals surface area contributed by atoms with Gasteiger partial charge in [-0.25, -0.2) is 0 Å². The molecule has 0 radical (unpaired) electrons. The number of rotatable bonds is 5. The van der Waals surface area contributed by atoms with Crippen LogP contribution in [0.15, 0.2) is 18.2 Å². The van der Waals surface area contributed by atoms with Crippen LogP contribution in [0.3, 0.4) is 0 Å². The van der Waals surface area contributed by atoms with Gasteiger partial charge in [0.1, 0.15) is 0 Å². The first kappa shape index (κ1) is 12.3. The zero-order valence-corrected chi connectivity index (χ0v) is 9.75. The second-order valence-corrected chi connectivity index (χ2v) is 3.79. The first-order valence-corrected chi connectivity index (χ1v) is 5.16. The fourth-order valence-electron chi connectivity index (χ4n) is 1.24. The van der Waals surface area contributed by atoms with Crippen molar-refractivity contribution in [2.24, 2.45) is 0 Å². The molecule has 0 aliphatic carbocycles. The third-order valence-corrected chi connectivity index (χ3v) is 2.42.